The molecule has 0 saturated heterocycles. The SMILES string of the molecule is NCC1=NC2(CC2)C(=O)N1Cc1ccc(F)cc1. The van der Waals surface area contributed by atoms with E-state index in [0.29, 0.717) is 12.4 Å². The minimum Gasteiger partial charge on any atom is -0.324 e. The van der Waals surface area contributed by atoms with E-state index in [0.717, 1.165) is 18.4 Å². The van der Waals surface area contributed by atoms with E-state index in [-0.39, 0.29) is 18.3 Å². The summed E-state index contributed by atoms with van der Waals surface area (Å²) in [5.41, 5.74) is 6.00. The van der Waals surface area contributed by atoms with Crippen LogP contribution in [0.3, 0.4) is 0 Å². The predicted octanol–water partition coefficient (Wildman–Crippen LogP) is 1.06. The lowest BCUT2D eigenvalue weighted by molar-refractivity contribution is -0.128. The third-order valence-electron chi connectivity index (χ3n) is 3.46. The van der Waals surface area contributed by atoms with Crippen LogP contribution in [0, 0.1) is 5.82 Å². The highest BCUT2D eigenvalue weighted by molar-refractivity contribution is 6.10. The van der Waals surface area contributed by atoms with E-state index in [9.17, 15) is 9.18 Å². The Morgan fingerprint density at radius 2 is 2.00 bits per heavy atom. The highest BCUT2D eigenvalue weighted by Crippen LogP contribution is 2.45. The molecule has 0 aromatic heterocycles. The first-order valence-corrected chi connectivity index (χ1v) is 6.00. The maximum absolute atomic E-state index is 12.8. The molecule has 2 aliphatic rings. The number of rotatable bonds is 3. The number of benzene rings is 1. The zero-order chi connectivity index (χ0) is 12.8. The Balaban J connectivity index is 1.82. The largest absolute Gasteiger partial charge is 0.324 e. The Bertz CT molecular complexity index is 520. The quantitative estimate of drug-likeness (QED) is 0.868. The number of amidine groups is 1. The monoisotopic (exact) mass is 247 g/mol. The molecule has 5 heteroatoms. The molecule has 1 fully saturated rings. The van der Waals surface area contributed by atoms with Gasteiger partial charge in [-0.25, -0.2) is 4.39 Å². The molecule has 1 aromatic carbocycles. The lowest BCUT2D eigenvalue weighted by Crippen LogP contribution is -2.38. The Labute approximate surface area is 104 Å². The number of hydrogen-bond donors (Lipinski definition) is 1. The first-order valence-electron chi connectivity index (χ1n) is 6.00. The van der Waals surface area contributed by atoms with Crippen LogP contribution in [0.25, 0.3) is 0 Å². The Hall–Kier alpha value is -1.75. The number of carbonyl (C=O) groups is 1. The van der Waals surface area contributed by atoms with Crippen LogP contribution in [0.5, 0.6) is 0 Å². The summed E-state index contributed by atoms with van der Waals surface area (Å²) in [5, 5.41) is 0. The van der Waals surface area contributed by atoms with Crippen molar-refractivity contribution >= 4 is 11.7 Å². The van der Waals surface area contributed by atoms with Crippen LogP contribution in [0.1, 0.15) is 18.4 Å². The number of nitrogens with zero attached hydrogens (tertiary/aromatic N) is 2. The van der Waals surface area contributed by atoms with Crippen molar-refractivity contribution in [2.75, 3.05) is 6.54 Å². The zero-order valence-corrected chi connectivity index (χ0v) is 9.90. The van der Waals surface area contributed by atoms with Crippen molar-refractivity contribution in [2.24, 2.45) is 10.7 Å². The molecule has 1 spiro atoms. The molecule has 1 saturated carbocycles. The zero-order valence-electron chi connectivity index (χ0n) is 9.90. The second-order valence-corrected chi connectivity index (χ2v) is 4.78. The third-order valence-corrected chi connectivity index (χ3v) is 3.46. The lowest BCUT2D eigenvalue weighted by Gasteiger charge is -2.18. The molecule has 4 nitrogen and oxygen atoms in total. The number of carbonyl (C=O) groups excluding carboxylic acids is 1. The molecule has 3 rings (SSSR count). The van der Waals surface area contributed by atoms with Crippen LogP contribution in [-0.2, 0) is 11.3 Å². The second-order valence-electron chi connectivity index (χ2n) is 4.78. The molecule has 1 heterocycles. The standard InChI is InChI=1S/C13H14FN3O/c14-10-3-1-9(2-4-10)8-17-11(7-15)16-13(5-6-13)12(17)18/h1-4H,5-8,15H2. The van der Waals surface area contributed by atoms with Crippen molar-refractivity contribution in [1.29, 1.82) is 0 Å². The van der Waals surface area contributed by atoms with E-state index >= 15 is 0 Å². The van der Waals surface area contributed by atoms with Gasteiger partial charge in [-0.05, 0) is 30.5 Å². The van der Waals surface area contributed by atoms with E-state index < -0.39 is 5.54 Å². The van der Waals surface area contributed by atoms with Crippen LogP contribution < -0.4 is 5.73 Å². The van der Waals surface area contributed by atoms with E-state index in [1.54, 1.807) is 17.0 Å². The molecular weight excluding hydrogens is 233 g/mol. The summed E-state index contributed by atoms with van der Waals surface area (Å²) in [6, 6.07) is 6.13. The molecule has 1 amide bonds. The number of nitrogens with two attached hydrogens (primary N) is 1. The molecule has 0 unspecified atom stereocenters. The fourth-order valence-corrected chi connectivity index (χ4v) is 2.26. The van der Waals surface area contributed by atoms with Crippen LogP contribution in [-0.4, -0.2) is 28.7 Å². The van der Waals surface area contributed by atoms with E-state index in [1.807, 2.05) is 0 Å². The van der Waals surface area contributed by atoms with Crippen molar-refractivity contribution in [2.45, 2.75) is 24.9 Å². The van der Waals surface area contributed by atoms with E-state index in [2.05, 4.69) is 4.99 Å². The van der Waals surface area contributed by atoms with Gasteiger partial charge in [0.15, 0.2) is 0 Å². The first kappa shape index (κ1) is 11.3. The fraction of sp³-hybridized carbons (Fsp3) is 0.385. The maximum atomic E-state index is 12.8. The van der Waals surface area contributed by atoms with Gasteiger partial charge in [0.2, 0.25) is 0 Å². The molecule has 0 bridgehead atoms. The summed E-state index contributed by atoms with van der Waals surface area (Å²) in [6.45, 7) is 0.672. The van der Waals surface area contributed by atoms with Gasteiger partial charge in [-0.1, -0.05) is 12.1 Å². The van der Waals surface area contributed by atoms with Crippen LogP contribution >= 0.6 is 0 Å². The topological polar surface area (TPSA) is 58.7 Å². The summed E-state index contributed by atoms with van der Waals surface area (Å²) >= 11 is 0. The second kappa shape index (κ2) is 3.88. The minimum atomic E-state index is -0.505. The smallest absolute Gasteiger partial charge is 0.256 e. The van der Waals surface area contributed by atoms with Gasteiger partial charge in [0.1, 0.15) is 17.2 Å². The van der Waals surface area contributed by atoms with Gasteiger partial charge in [-0.2, -0.15) is 0 Å². The molecule has 94 valence electrons. The van der Waals surface area contributed by atoms with Crippen molar-refractivity contribution in [3.63, 3.8) is 0 Å². The van der Waals surface area contributed by atoms with Gasteiger partial charge >= 0.3 is 0 Å². The first-order chi connectivity index (χ1) is 8.64. The van der Waals surface area contributed by atoms with Crippen LogP contribution in [0.15, 0.2) is 29.3 Å². The summed E-state index contributed by atoms with van der Waals surface area (Å²) in [4.78, 5) is 18.3. The summed E-state index contributed by atoms with van der Waals surface area (Å²) < 4.78 is 12.8. The summed E-state index contributed by atoms with van der Waals surface area (Å²) in [7, 11) is 0. The fourth-order valence-electron chi connectivity index (χ4n) is 2.26. The maximum Gasteiger partial charge on any atom is 0.256 e. The molecule has 2 N–H and O–H groups in total. The van der Waals surface area contributed by atoms with Crippen molar-refractivity contribution in [3.8, 4) is 0 Å². The van der Waals surface area contributed by atoms with Gasteiger partial charge in [0.25, 0.3) is 5.91 Å². The number of amides is 1. The molecular formula is C13H14FN3O. The average Bonchev–Trinajstić information content (AvgIpc) is 3.11. The van der Waals surface area contributed by atoms with Gasteiger partial charge < -0.3 is 5.73 Å². The van der Waals surface area contributed by atoms with Crippen molar-refractivity contribution in [3.05, 3.63) is 35.6 Å². The van der Waals surface area contributed by atoms with Crippen molar-refractivity contribution < 1.29 is 9.18 Å². The number of hydrogen-bond acceptors (Lipinski definition) is 3. The molecule has 1 aliphatic heterocycles. The molecule has 1 aromatic rings. The molecule has 1 aliphatic carbocycles. The summed E-state index contributed by atoms with van der Waals surface area (Å²) in [6.07, 6.45) is 1.63. The normalized spacial score (nSPS) is 20.4. The predicted molar refractivity (Wildman–Crippen MR) is 65.4 cm³/mol. The van der Waals surface area contributed by atoms with Crippen LogP contribution in [0.4, 0.5) is 4.39 Å². The Kier molecular flexibility index (Phi) is 2.45. The van der Waals surface area contributed by atoms with Crippen LogP contribution in [0.2, 0.25) is 0 Å². The Morgan fingerprint density at radius 1 is 1.33 bits per heavy atom. The van der Waals surface area contributed by atoms with E-state index in [4.69, 9.17) is 5.73 Å². The third kappa shape index (κ3) is 1.71. The number of aliphatic imine (C=N–C) groups is 1. The summed E-state index contributed by atoms with van der Waals surface area (Å²) in [5.74, 6) is 0.395. The van der Waals surface area contributed by atoms with Gasteiger partial charge in [0, 0.05) is 0 Å². The van der Waals surface area contributed by atoms with Gasteiger partial charge in [-0.15, -0.1) is 0 Å². The molecule has 18 heavy (non-hydrogen) atoms. The van der Waals surface area contributed by atoms with Gasteiger partial charge in [0.05, 0.1) is 13.1 Å². The average molecular weight is 247 g/mol. The minimum absolute atomic E-state index is 0.0345. The molecule has 0 radical (unpaired) electrons. The highest BCUT2D eigenvalue weighted by Gasteiger charge is 2.56. The lowest BCUT2D eigenvalue weighted by atomic mass is 10.2. The Morgan fingerprint density at radius 3 is 2.56 bits per heavy atom. The molecule has 0 atom stereocenters. The van der Waals surface area contributed by atoms with Gasteiger partial charge in [-0.3, -0.25) is 14.7 Å². The highest BCUT2D eigenvalue weighted by atomic mass is 19.1. The van der Waals surface area contributed by atoms with Crippen molar-refractivity contribution in [1.82, 2.24) is 4.90 Å². The number of halogens is 1. The van der Waals surface area contributed by atoms with E-state index in [1.165, 1.54) is 12.1 Å².